The normalized spacial score (nSPS) is 20.9. The molecular weight excluding hydrogens is 188 g/mol. The summed E-state index contributed by atoms with van der Waals surface area (Å²) in [7, 11) is 1.93. The Hall–Kier alpha value is -0.570. The van der Waals surface area contributed by atoms with E-state index in [-0.39, 0.29) is 5.92 Å². The van der Waals surface area contributed by atoms with Crippen molar-refractivity contribution in [2.75, 3.05) is 26.7 Å². The van der Waals surface area contributed by atoms with E-state index in [1.165, 1.54) is 6.42 Å². The molecule has 1 atom stereocenters. The minimum atomic E-state index is 0.231. The molecule has 1 heterocycles. The zero-order chi connectivity index (χ0) is 11.3. The standard InChI is InChI=1S/C12H24N2O/c1-10(2)5-4-8-14(3)12(15)11-6-7-13-9-11/h10-11,13H,4-9H2,1-3H3. The van der Waals surface area contributed by atoms with Crippen LogP contribution in [0.3, 0.4) is 0 Å². The highest BCUT2D eigenvalue weighted by molar-refractivity contribution is 5.79. The summed E-state index contributed by atoms with van der Waals surface area (Å²) in [4.78, 5) is 13.8. The van der Waals surface area contributed by atoms with Crippen molar-refractivity contribution in [3.8, 4) is 0 Å². The lowest BCUT2D eigenvalue weighted by Crippen LogP contribution is -2.34. The smallest absolute Gasteiger partial charge is 0.226 e. The number of carbonyl (C=O) groups is 1. The highest BCUT2D eigenvalue weighted by atomic mass is 16.2. The summed E-state index contributed by atoms with van der Waals surface area (Å²) >= 11 is 0. The summed E-state index contributed by atoms with van der Waals surface area (Å²) < 4.78 is 0. The van der Waals surface area contributed by atoms with Gasteiger partial charge < -0.3 is 10.2 Å². The monoisotopic (exact) mass is 212 g/mol. The molecule has 0 radical (unpaired) electrons. The molecule has 0 saturated carbocycles. The fourth-order valence-electron chi connectivity index (χ4n) is 2.02. The number of hydrogen-bond acceptors (Lipinski definition) is 2. The molecule has 0 aromatic rings. The number of nitrogens with one attached hydrogen (secondary N) is 1. The van der Waals surface area contributed by atoms with Crippen LogP contribution >= 0.6 is 0 Å². The molecule has 1 unspecified atom stereocenters. The van der Waals surface area contributed by atoms with Crippen LogP contribution in [-0.2, 0) is 4.79 Å². The molecule has 0 aromatic carbocycles. The van der Waals surface area contributed by atoms with Crippen LogP contribution in [0.15, 0.2) is 0 Å². The first-order chi connectivity index (χ1) is 7.11. The van der Waals surface area contributed by atoms with Gasteiger partial charge in [0.15, 0.2) is 0 Å². The zero-order valence-corrected chi connectivity index (χ0v) is 10.3. The third kappa shape index (κ3) is 4.20. The van der Waals surface area contributed by atoms with Crippen molar-refractivity contribution in [3.63, 3.8) is 0 Å². The van der Waals surface area contributed by atoms with Gasteiger partial charge in [-0.25, -0.2) is 0 Å². The first-order valence-corrected chi connectivity index (χ1v) is 6.07. The van der Waals surface area contributed by atoms with Crippen molar-refractivity contribution < 1.29 is 4.79 Å². The minimum Gasteiger partial charge on any atom is -0.345 e. The van der Waals surface area contributed by atoms with E-state index in [0.29, 0.717) is 5.91 Å². The lowest BCUT2D eigenvalue weighted by atomic mass is 10.1. The van der Waals surface area contributed by atoms with E-state index >= 15 is 0 Å². The molecule has 1 amide bonds. The Balaban J connectivity index is 2.20. The Kier molecular flexibility index (Phi) is 5.09. The van der Waals surface area contributed by atoms with Gasteiger partial charge in [0.05, 0.1) is 5.92 Å². The number of carbonyl (C=O) groups excluding carboxylic acids is 1. The second-order valence-corrected chi connectivity index (χ2v) is 4.99. The Morgan fingerprint density at radius 2 is 2.27 bits per heavy atom. The largest absolute Gasteiger partial charge is 0.345 e. The summed E-state index contributed by atoms with van der Waals surface area (Å²) in [6.45, 7) is 7.22. The maximum absolute atomic E-state index is 11.9. The number of nitrogens with zero attached hydrogens (tertiary/aromatic N) is 1. The third-order valence-corrected chi connectivity index (χ3v) is 3.06. The molecule has 0 bridgehead atoms. The van der Waals surface area contributed by atoms with Gasteiger partial charge in [0.2, 0.25) is 5.91 Å². The Bertz CT molecular complexity index is 198. The maximum Gasteiger partial charge on any atom is 0.226 e. The van der Waals surface area contributed by atoms with E-state index in [1.54, 1.807) is 0 Å². The van der Waals surface area contributed by atoms with Gasteiger partial charge in [0.25, 0.3) is 0 Å². The summed E-state index contributed by atoms with van der Waals surface area (Å²) in [6, 6.07) is 0. The molecule has 1 aliphatic heterocycles. The van der Waals surface area contributed by atoms with E-state index in [4.69, 9.17) is 0 Å². The molecule has 3 nitrogen and oxygen atoms in total. The van der Waals surface area contributed by atoms with Gasteiger partial charge >= 0.3 is 0 Å². The van der Waals surface area contributed by atoms with Crippen molar-refractivity contribution >= 4 is 5.91 Å². The summed E-state index contributed by atoms with van der Waals surface area (Å²) in [6.07, 6.45) is 3.34. The minimum absolute atomic E-state index is 0.231. The predicted molar refractivity (Wildman–Crippen MR) is 62.7 cm³/mol. The lowest BCUT2D eigenvalue weighted by Gasteiger charge is -2.20. The molecular formula is C12H24N2O. The van der Waals surface area contributed by atoms with E-state index < -0.39 is 0 Å². The molecule has 1 fully saturated rings. The van der Waals surface area contributed by atoms with Crippen molar-refractivity contribution in [2.24, 2.45) is 11.8 Å². The van der Waals surface area contributed by atoms with Crippen molar-refractivity contribution in [2.45, 2.75) is 33.1 Å². The Labute approximate surface area is 93.2 Å². The number of amides is 1. The topological polar surface area (TPSA) is 32.3 Å². The predicted octanol–water partition coefficient (Wildman–Crippen LogP) is 1.49. The van der Waals surface area contributed by atoms with Crippen LogP contribution in [0.25, 0.3) is 0 Å². The van der Waals surface area contributed by atoms with Gasteiger partial charge in [-0.2, -0.15) is 0 Å². The van der Waals surface area contributed by atoms with Crippen molar-refractivity contribution in [1.29, 1.82) is 0 Å². The van der Waals surface area contributed by atoms with Crippen LogP contribution in [0, 0.1) is 11.8 Å². The summed E-state index contributed by atoms with van der Waals surface area (Å²) in [5, 5.41) is 3.23. The SMILES string of the molecule is CC(C)CCCN(C)C(=O)C1CCNC1. The van der Waals surface area contributed by atoms with E-state index in [1.807, 2.05) is 11.9 Å². The average molecular weight is 212 g/mol. The van der Waals surface area contributed by atoms with Crippen LogP contribution in [0.4, 0.5) is 0 Å². The molecule has 0 aromatic heterocycles. The van der Waals surface area contributed by atoms with Gasteiger partial charge in [0.1, 0.15) is 0 Å². The fraction of sp³-hybridized carbons (Fsp3) is 0.917. The Morgan fingerprint density at radius 1 is 1.53 bits per heavy atom. The molecule has 88 valence electrons. The quantitative estimate of drug-likeness (QED) is 0.749. The van der Waals surface area contributed by atoms with Crippen LogP contribution in [0.1, 0.15) is 33.1 Å². The van der Waals surface area contributed by atoms with Gasteiger partial charge in [-0.3, -0.25) is 4.79 Å². The highest BCUT2D eigenvalue weighted by Crippen LogP contribution is 2.12. The summed E-state index contributed by atoms with van der Waals surface area (Å²) in [5.74, 6) is 1.29. The zero-order valence-electron chi connectivity index (χ0n) is 10.3. The van der Waals surface area contributed by atoms with Gasteiger partial charge in [0, 0.05) is 20.1 Å². The molecule has 0 spiro atoms. The molecule has 0 aliphatic carbocycles. The first-order valence-electron chi connectivity index (χ1n) is 6.07. The first kappa shape index (κ1) is 12.5. The van der Waals surface area contributed by atoms with E-state index in [9.17, 15) is 4.79 Å². The molecule has 3 heteroatoms. The van der Waals surface area contributed by atoms with Gasteiger partial charge in [-0.1, -0.05) is 13.8 Å². The number of rotatable bonds is 5. The van der Waals surface area contributed by atoms with Crippen LogP contribution < -0.4 is 5.32 Å². The third-order valence-electron chi connectivity index (χ3n) is 3.06. The van der Waals surface area contributed by atoms with Crippen LogP contribution in [0.5, 0.6) is 0 Å². The van der Waals surface area contributed by atoms with E-state index in [2.05, 4.69) is 19.2 Å². The van der Waals surface area contributed by atoms with E-state index in [0.717, 1.165) is 38.4 Å². The average Bonchev–Trinajstić information content (AvgIpc) is 2.68. The Morgan fingerprint density at radius 3 is 2.80 bits per heavy atom. The van der Waals surface area contributed by atoms with Crippen LogP contribution in [0.2, 0.25) is 0 Å². The maximum atomic E-state index is 11.9. The van der Waals surface area contributed by atoms with Crippen molar-refractivity contribution in [3.05, 3.63) is 0 Å². The second kappa shape index (κ2) is 6.11. The van der Waals surface area contributed by atoms with Gasteiger partial charge in [-0.05, 0) is 31.7 Å². The summed E-state index contributed by atoms with van der Waals surface area (Å²) in [5.41, 5.74) is 0. The molecule has 1 rings (SSSR count). The second-order valence-electron chi connectivity index (χ2n) is 4.99. The fourth-order valence-corrected chi connectivity index (χ4v) is 2.02. The van der Waals surface area contributed by atoms with Crippen LogP contribution in [-0.4, -0.2) is 37.5 Å². The molecule has 1 aliphatic rings. The number of hydrogen-bond donors (Lipinski definition) is 1. The molecule has 15 heavy (non-hydrogen) atoms. The molecule has 1 N–H and O–H groups in total. The lowest BCUT2D eigenvalue weighted by molar-refractivity contribution is -0.133. The van der Waals surface area contributed by atoms with Crippen molar-refractivity contribution in [1.82, 2.24) is 10.2 Å². The van der Waals surface area contributed by atoms with Gasteiger partial charge in [-0.15, -0.1) is 0 Å². The highest BCUT2D eigenvalue weighted by Gasteiger charge is 2.24. The molecule has 1 saturated heterocycles.